The largest absolute Gasteiger partial charge is 0.360 e. The Balaban J connectivity index is 2.81. The molecule has 15 heavy (non-hydrogen) atoms. The Bertz CT molecular complexity index is 662. The van der Waals surface area contributed by atoms with Crippen LogP contribution in [0.15, 0.2) is 29.3 Å². The summed E-state index contributed by atoms with van der Waals surface area (Å²) >= 11 is 0. The minimum absolute atomic E-state index is 0.228. The molecule has 4 nitrogen and oxygen atoms in total. The number of nitriles is 1. The Morgan fingerprint density at radius 2 is 2.13 bits per heavy atom. The van der Waals surface area contributed by atoms with E-state index < -0.39 is 9.84 Å². The zero-order valence-electron chi connectivity index (χ0n) is 7.98. The van der Waals surface area contributed by atoms with Gasteiger partial charge in [0.2, 0.25) is 0 Å². The highest BCUT2D eigenvalue weighted by Gasteiger charge is 2.10. The third-order valence-corrected chi connectivity index (χ3v) is 3.31. The number of sulfone groups is 1. The van der Waals surface area contributed by atoms with Gasteiger partial charge in [-0.05, 0) is 18.2 Å². The molecule has 0 aliphatic heterocycles. The summed E-state index contributed by atoms with van der Waals surface area (Å²) in [6.45, 7) is 0. The molecule has 0 fully saturated rings. The van der Waals surface area contributed by atoms with E-state index in [4.69, 9.17) is 5.26 Å². The second-order valence-corrected chi connectivity index (χ2v) is 5.31. The Labute approximate surface area is 87.1 Å². The monoisotopic (exact) mass is 220 g/mol. The highest BCUT2D eigenvalue weighted by molar-refractivity contribution is 7.90. The summed E-state index contributed by atoms with van der Waals surface area (Å²) in [5, 5.41) is 9.44. The summed E-state index contributed by atoms with van der Waals surface area (Å²) in [5.41, 5.74) is 1.22. The van der Waals surface area contributed by atoms with E-state index >= 15 is 0 Å². The number of aromatic nitrogens is 1. The third kappa shape index (κ3) is 1.60. The molecule has 0 spiro atoms. The quantitative estimate of drug-likeness (QED) is 0.790. The van der Waals surface area contributed by atoms with Crippen LogP contribution < -0.4 is 0 Å². The van der Waals surface area contributed by atoms with Gasteiger partial charge >= 0.3 is 0 Å². The van der Waals surface area contributed by atoms with E-state index in [0.29, 0.717) is 10.9 Å². The number of nitrogens with one attached hydrogen (secondary N) is 1. The molecule has 0 bridgehead atoms. The van der Waals surface area contributed by atoms with Crippen LogP contribution in [0.3, 0.4) is 0 Å². The van der Waals surface area contributed by atoms with Crippen LogP contribution in [0, 0.1) is 11.3 Å². The first kappa shape index (κ1) is 9.74. The van der Waals surface area contributed by atoms with E-state index in [1.807, 2.05) is 6.07 Å². The standard InChI is InChI=1S/C10H8N2O2S/c1-15(13,14)8-2-3-10-9(4-8)7(5-11)6-12-10/h2-4,6,12H,1H3. The van der Waals surface area contributed by atoms with E-state index in [-0.39, 0.29) is 4.90 Å². The molecule has 0 unspecified atom stereocenters. The number of hydrogen-bond donors (Lipinski definition) is 1. The second kappa shape index (κ2) is 3.11. The van der Waals surface area contributed by atoms with Gasteiger partial charge in [-0.25, -0.2) is 8.42 Å². The van der Waals surface area contributed by atoms with Crippen molar-refractivity contribution in [3.05, 3.63) is 30.0 Å². The number of H-pyrrole nitrogens is 1. The molecule has 0 aliphatic carbocycles. The molecule has 1 aromatic heterocycles. The third-order valence-electron chi connectivity index (χ3n) is 2.20. The van der Waals surface area contributed by atoms with Crippen molar-refractivity contribution in [1.82, 2.24) is 4.98 Å². The van der Waals surface area contributed by atoms with Gasteiger partial charge in [0.15, 0.2) is 9.84 Å². The van der Waals surface area contributed by atoms with Crippen molar-refractivity contribution in [2.24, 2.45) is 0 Å². The van der Waals surface area contributed by atoms with Gasteiger partial charge < -0.3 is 4.98 Å². The minimum atomic E-state index is -3.22. The Morgan fingerprint density at radius 1 is 1.40 bits per heavy atom. The van der Waals surface area contributed by atoms with Crippen molar-refractivity contribution >= 4 is 20.7 Å². The van der Waals surface area contributed by atoms with Crippen LogP contribution in [0.1, 0.15) is 5.56 Å². The molecule has 2 rings (SSSR count). The van der Waals surface area contributed by atoms with E-state index in [1.165, 1.54) is 12.1 Å². The second-order valence-electron chi connectivity index (χ2n) is 3.29. The molecule has 76 valence electrons. The maximum atomic E-state index is 11.3. The molecular weight excluding hydrogens is 212 g/mol. The Hall–Kier alpha value is -1.80. The number of benzene rings is 1. The zero-order valence-corrected chi connectivity index (χ0v) is 8.80. The predicted octanol–water partition coefficient (Wildman–Crippen LogP) is 1.44. The van der Waals surface area contributed by atoms with Crippen molar-refractivity contribution in [3.63, 3.8) is 0 Å². The lowest BCUT2D eigenvalue weighted by molar-refractivity contribution is 0.602. The fourth-order valence-corrected chi connectivity index (χ4v) is 2.07. The number of hydrogen-bond acceptors (Lipinski definition) is 3. The smallest absolute Gasteiger partial charge is 0.175 e. The average molecular weight is 220 g/mol. The molecule has 0 radical (unpaired) electrons. The topological polar surface area (TPSA) is 73.7 Å². The number of nitrogens with zero attached hydrogens (tertiary/aromatic N) is 1. The lowest BCUT2D eigenvalue weighted by Gasteiger charge is -1.97. The van der Waals surface area contributed by atoms with Crippen LogP contribution in [0.4, 0.5) is 0 Å². The molecule has 0 saturated carbocycles. The highest BCUT2D eigenvalue weighted by atomic mass is 32.2. The summed E-state index contributed by atoms with van der Waals surface area (Å²) in [7, 11) is -3.22. The van der Waals surface area contributed by atoms with Gasteiger partial charge in [-0.2, -0.15) is 5.26 Å². The molecule has 1 N–H and O–H groups in total. The van der Waals surface area contributed by atoms with Gasteiger partial charge in [-0.3, -0.25) is 0 Å². The SMILES string of the molecule is CS(=O)(=O)c1ccc2[nH]cc(C#N)c2c1. The van der Waals surface area contributed by atoms with Gasteiger partial charge in [0.05, 0.1) is 10.5 Å². The van der Waals surface area contributed by atoms with E-state index in [1.54, 1.807) is 12.3 Å². The maximum absolute atomic E-state index is 11.3. The van der Waals surface area contributed by atoms with E-state index in [9.17, 15) is 8.42 Å². The zero-order chi connectivity index (χ0) is 11.1. The van der Waals surface area contributed by atoms with Crippen LogP contribution in [0.2, 0.25) is 0 Å². The average Bonchev–Trinajstić information content (AvgIpc) is 2.57. The van der Waals surface area contributed by atoms with Crippen LogP contribution in [-0.2, 0) is 9.84 Å². The molecule has 1 aromatic carbocycles. The van der Waals surface area contributed by atoms with Gasteiger partial charge in [-0.15, -0.1) is 0 Å². The molecule has 1 heterocycles. The lowest BCUT2D eigenvalue weighted by Crippen LogP contribution is -1.96. The lowest BCUT2D eigenvalue weighted by atomic mass is 10.2. The molecule has 0 aliphatic rings. The molecule has 5 heteroatoms. The minimum Gasteiger partial charge on any atom is -0.360 e. The van der Waals surface area contributed by atoms with Crippen molar-refractivity contribution in [2.75, 3.05) is 6.26 Å². The Morgan fingerprint density at radius 3 is 2.73 bits per heavy atom. The summed E-state index contributed by atoms with van der Waals surface area (Å²) in [6, 6.07) is 6.70. The number of aromatic amines is 1. The van der Waals surface area contributed by atoms with Gasteiger partial charge in [0.1, 0.15) is 6.07 Å². The van der Waals surface area contributed by atoms with Crippen molar-refractivity contribution in [3.8, 4) is 6.07 Å². The van der Waals surface area contributed by atoms with Crippen molar-refractivity contribution in [2.45, 2.75) is 4.90 Å². The summed E-state index contributed by atoms with van der Waals surface area (Å²) in [4.78, 5) is 3.13. The van der Waals surface area contributed by atoms with Crippen LogP contribution in [-0.4, -0.2) is 19.7 Å². The fraction of sp³-hybridized carbons (Fsp3) is 0.100. The maximum Gasteiger partial charge on any atom is 0.175 e. The molecule has 0 saturated heterocycles. The summed E-state index contributed by atoms with van der Waals surface area (Å²) in [5.74, 6) is 0. The first-order valence-corrected chi connectivity index (χ1v) is 6.13. The van der Waals surface area contributed by atoms with E-state index in [2.05, 4.69) is 4.98 Å². The summed E-state index contributed by atoms with van der Waals surface area (Å²) < 4.78 is 22.6. The van der Waals surface area contributed by atoms with Crippen molar-refractivity contribution < 1.29 is 8.42 Å². The van der Waals surface area contributed by atoms with Gasteiger partial charge in [0, 0.05) is 23.4 Å². The fourth-order valence-electron chi connectivity index (χ4n) is 1.42. The van der Waals surface area contributed by atoms with Gasteiger partial charge in [0.25, 0.3) is 0 Å². The van der Waals surface area contributed by atoms with Crippen molar-refractivity contribution in [1.29, 1.82) is 5.26 Å². The first-order chi connectivity index (χ1) is 7.02. The predicted molar refractivity (Wildman–Crippen MR) is 56.1 cm³/mol. The first-order valence-electron chi connectivity index (χ1n) is 4.23. The van der Waals surface area contributed by atoms with Crippen LogP contribution >= 0.6 is 0 Å². The molecule has 2 aromatic rings. The van der Waals surface area contributed by atoms with E-state index in [0.717, 1.165) is 11.8 Å². The highest BCUT2D eigenvalue weighted by Crippen LogP contribution is 2.21. The summed E-state index contributed by atoms with van der Waals surface area (Å²) in [6.07, 6.45) is 2.71. The number of fused-ring (bicyclic) bond motifs is 1. The normalized spacial score (nSPS) is 11.5. The number of rotatable bonds is 1. The van der Waals surface area contributed by atoms with Crippen LogP contribution in [0.5, 0.6) is 0 Å². The molecular formula is C10H8N2O2S. The molecule has 0 atom stereocenters. The Kier molecular flexibility index (Phi) is 2.02. The van der Waals surface area contributed by atoms with Gasteiger partial charge in [-0.1, -0.05) is 0 Å². The van der Waals surface area contributed by atoms with Crippen LogP contribution in [0.25, 0.3) is 10.9 Å². The molecule has 0 amide bonds.